The second-order valence-corrected chi connectivity index (χ2v) is 13.3. The Bertz CT molecular complexity index is 1450. The van der Waals surface area contributed by atoms with Crippen molar-refractivity contribution in [3.05, 3.63) is 23.5 Å². The fourth-order valence-electron chi connectivity index (χ4n) is 5.30. The topological polar surface area (TPSA) is 122 Å². The number of hydrogen-bond donors (Lipinski definition) is 2. The summed E-state index contributed by atoms with van der Waals surface area (Å²) in [6.07, 6.45) is 2.43. The van der Waals surface area contributed by atoms with Crippen LogP contribution in [0.5, 0.6) is 0 Å². The van der Waals surface area contributed by atoms with E-state index in [2.05, 4.69) is 24.8 Å². The first-order chi connectivity index (χ1) is 17.5. The van der Waals surface area contributed by atoms with Crippen LogP contribution in [0.25, 0.3) is 16.3 Å². The summed E-state index contributed by atoms with van der Waals surface area (Å²) in [6.45, 7) is 5.41. The van der Waals surface area contributed by atoms with E-state index >= 15 is 0 Å². The molecule has 2 aliphatic heterocycles. The predicted molar refractivity (Wildman–Crippen MR) is 132 cm³/mol. The number of piperidine rings is 1. The number of nitrogens with zero attached hydrogens (tertiary/aromatic N) is 5. The molecule has 2 atom stereocenters. The normalized spacial score (nSPS) is 25.0. The van der Waals surface area contributed by atoms with E-state index < -0.39 is 33.1 Å². The van der Waals surface area contributed by atoms with E-state index in [0.717, 1.165) is 24.2 Å². The molecule has 3 aromatic rings. The molecule has 1 aliphatic carbocycles. The Morgan fingerprint density at radius 3 is 2.57 bits per heavy atom. The first kappa shape index (κ1) is 25.0. The SMILES string of the molecule is C[C@@H]1OCC2(CCN(c3cc(S(=O)(=O)NC4(C)CC4)cn4c(-c5nnc(C(F)F)s5)ncc34)CC2)C1O. The molecule has 1 spiro atoms. The Kier molecular flexibility index (Phi) is 5.84. The number of pyridine rings is 1. The molecule has 10 nitrogen and oxygen atoms in total. The number of fused-ring (bicyclic) bond motifs is 1. The smallest absolute Gasteiger partial charge is 0.291 e. The molecule has 0 bridgehead atoms. The summed E-state index contributed by atoms with van der Waals surface area (Å²) in [5, 5.41) is 17.9. The number of halogens is 2. The first-order valence-corrected chi connectivity index (χ1v) is 14.5. The molecule has 5 heterocycles. The minimum absolute atomic E-state index is 0.0547. The lowest BCUT2D eigenvalue weighted by Crippen LogP contribution is -2.47. The fourth-order valence-corrected chi connectivity index (χ4v) is 7.48. The average Bonchev–Trinajstić information content (AvgIpc) is 3.22. The van der Waals surface area contributed by atoms with Crippen molar-refractivity contribution in [2.24, 2.45) is 5.41 Å². The molecule has 0 aromatic carbocycles. The minimum Gasteiger partial charge on any atom is -0.390 e. The van der Waals surface area contributed by atoms with Gasteiger partial charge >= 0.3 is 0 Å². The average molecular weight is 555 g/mol. The molecule has 0 amide bonds. The highest BCUT2D eigenvalue weighted by Gasteiger charge is 2.49. The minimum atomic E-state index is -3.87. The van der Waals surface area contributed by atoms with Crippen LogP contribution in [-0.4, -0.2) is 70.5 Å². The van der Waals surface area contributed by atoms with Gasteiger partial charge in [-0.15, -0.1) is 10.2 Å². The summed E-state index contributed by atoms with van der Waals surface area (Å²) in [7, 11) is -3.87. The van der Waals surface area contributed by atoms with Crippen LogP contribution in [0.4, 0.5) is 14.5 Å². The van der Waals surface area contributed by atoms with Gasteiger partial charge in [-0.1, -0.05) is 11.3 Å². The summed E-state index contributed by atoms with van der Waals surface area (Å²) in [5.41, 5.74) is 0.511. The predicted octanol–water partition coefficient (Wildman–Crippen LogP) is 2.99. The Balaban J connectivity index is 1.42. The summed E-state index contributed by atoms with van der Waals surface area (Å²) < 4.78 is 63.2. The lowest BCUT2D eigenvalue weighted by Gasteiger charge is -2.41. The summed E-state index contributed by atoms with van der Waals surface area (Å²) in [4.78, 5) is 6.56. The van der Waals surface area contributed by atoms with Crippen LogP contribution in [0, 0.1) is 5.41 Å². The number of sulfonamides is 1. The van der Waals surface area contributed by atoms with Gasteiger partial charge in [-0.25, -0.2) is 26.9 Å². The van der Waals surface area contributed by atoms with E-state index in [4.69, 9.17) is 4.74 Å². The van der Waals surface area contributed by atoms with Gasteiger partial charge in [0.1, 0.15) is 4.90 Å². The van der Waals surface area contributed by atoms with Gasteiger partial charge in [-0.05, 0) is 45.6 Å². The van der Waals surface area contributed by atoms with Crippen molar-refractivity contribution < 1.29 is 27.0 Å². The quantitative estimate of drug-likeness (QED) is 0.477. The molecule has 2 N–H and O–H groups in total. The Labute approximate surface area is 216 Å². The third-order valence-electron chi connectivity index (χ3n) is 7.91. The molecule has 6 rings (SSSR count). The van der Waals surface area contributed by atoms with Crippen molar-refractivity contribution in [3.8, 4) is 10.8 Å². The molecule has 14 heteroatoms. The zero-order valence-electron chi connectivity index (χ0n) is 20.4. The molecule has 3 aliphatic rings. The zero-order chi connectivity index (χ0) is 26.2. The van der Waals surface area contributed by atoms with E-state index in [1.807, 2.05) is 13.8 Å². The van der Waals surface area contributed by atoms with E-state index in [9.17, 15) is 22.3 Å². The first-order valence-electron chi connectivity index (χ1n) is 12.2. The van der Waals surface area contributed by atoms with Gasteiger partial charge in [0.15, 0.2) is 15.8 Å². The number of aliphatic hydroxyl groups excluding tert-OH is 1. The van der Waals surface area contributed by atoms with Crippen LogP contribution >= 0.6 is 11.3 Å². The van der Waals surface area contributed by atoms with Gasteiger partial charge in [0.05, 0.1) is 36.2 Å². The molecule has 3 fully saturated rings. The molecule has 37 heavy (non-hydrogen) atoms. The monoisotopic (exact) mass is 554 g/mol. The summed E-state index contributed by atoms with van der Waals surface area (Å²) in [6, 6.07) is 1.64. The van der Waals surface area contributed by atoms with Crippen molar-refractivity contribution in [1.29, 1.82) is 0 Å². The molecule has 1 saturated carbocycles. The van der Waals surface area contributed by atoms with Crippen LogP contribution in [0.2, 0.25) is 0 Å². The van der Waals surface area contributed by atoms with Gasteiger partial charge in [-0.3, -0.25) is 4.40 Å². The van der Waals surface area contributed by atoms with Gasteiger partial charge < -0.3 is 14.7 Å². The third kappa shape index (κ3) is 4.32. The number of aliphatic hydroxyl groups is 1. The number of rotatable bonds is 6. The molecule has 3 aromatic heterocycles. The third-order valence-corrected chi connectivity index (χ3v) is 10.4. The van der Waals surface area contributed by atoms with Crippen molar-refractivity contribution in [1.82, 2.24) is 24.3 Å². The standard InChI is InChI=1S/C23H28F2N6O4S2/c1-13-17(32)23(12-35-13)5-7-30(8-6-23)15-9-14(37(33,34)29-22(2)3-4-22)11-31-16(15)10-26-19(31)21-28-27-20(36-21)18(24)25/h9-11,13,17-18,29,32H,3-8,12H2,1-2H3/t13-,17?/m0/s1. The highest BCUT2D eigenvalue weighted by Crippen LogP contribution is 2.44. The van der Waals surface area contributed by atoms with E-state index in [-0.39, 0.29) is 27.2 Å². The van der Waals surface area contributed by atoms with Crippen molar-refractivity contribution in [2.45, 2.75) is 68.6 Å². The number of aromatic nitrogens is 4. The maximum Gasteiger partial charge on any atom is 0.291 e. The van der Waals surface area contributed by atoms with E-state index in [1.54, 1.807) is 16.7 Å². The van der Waals surface area contributed by atoms with Gasteiger partial charge in [0.25, 0.3) is 6.43 Å². The Hall–Kier alpha value is -2.26. The highest BCUT2D eigenvalue weighted by atomic mass is 32.2. The maximum atomic E-state index is 13.4. The number of imidazole rings is 1. The lowest BCUT2D eigenvalue weighted by molar-refractivity contribution is 0.0250. The summed E-state index contributed by atoms with van der Waals surface area (Å²) >= 11 is 0.725. The lowest BCUT2D eigenvalue weighted by atomic mass is 9.74. The molecular formula is C23H28F2N6O4S2. The number of alkyl halides is 2. The van der Waals surface area contributed by atoms with Crippen molar-refractivity contribution in [3.63, 3.8) is 0 Å². The second-order valence-electron chi connectivity index (χ2n) is 10.6. The Morgan fingerprint density at radius 1 is 1.24 bits per heavy atom. The number of ether oxygens (including phenoxy) is 1. The van der Waals surface area contributed by atoms with E-state index in [0.29, 0.717) is 43.7 Å². The fraction of sp³-hybridized carbons (Fsp3) is 0.609. The number of anilines is 1. The van der Waals surface area contributed by atoms with Crippen LogP contribution in [-0.2, 0) is 14.8 Å². The molecule has 1 unspecified atom stereocenters. The maximum absolute atomic E-state index is 13.4. The molecule has 0 radical (unpaired) electrons. The second kappa shape index (κ2) is 8.63. The number of hydrogen-bond acceptors (Lipinski definition) is 9. The van der Waals surface area contributed by atoms with E-state index in [1.165, 1.54) is 6.20 Å². The number of nitrogens with one attached hydrogen (secondary N) is 1. The zero-order valence-corrected chi connectivity index (χ0v) is 22.0. The summed E-state index contributed by atoms with van der Waals surface area (Å²) in [5.74, 6) is 0.247. The molecule has 2 saturated heterocycles. The van der Waals surface area contributed by atoms with Gasteiger partial charge in [0, 0.05) is 30.2 Å². The van der Waals surface area contributed by atoms with Crippen LogP contribution in [0.3, 0.4) is 0 Å². The highest BCUT2D eigenvalue weighted by molar-refractivity contribution is 7.89. The largest absolute Gasteiger partial charge is 0.390 e. The van der Waals surface area contributed by atoms with Crippen molar-refractivity contribution >= 4 is 32.6 Å². The van der Waals surface area contributed by atoms with Crippen LogP contribution in [0.1, 0.15) is 51.0 Å². The van der Waals surface area contributed by atoms with Crippen LogP contribution < -0.4 is 9.62 Å². The van der Waals surface area contributed by atoms with Crippen molar-refractivity contribution in [2.75, 3.05) is 24.6 Å². The van der Waals surface area contributed by atoms with Crippen LogP contribution in [0.15, 0.2) is 23.4 Å². The Morgan fingerprint density at radius 2 is 1.97 bits per heavy atom. The molecular weight excluding hydrogens is 526 g/mol. The van der Waals surface area contributed by atoms with Gasteiger partial charge in [-0.2, -0.15) is 0 Å². The molecule has 200 valence electrons. The van der Waals surface area contributed by atoms with Gasteiger partial charge in [0.2, 0.25) is 10.0 Å².